The van der Waals surface area contributed by atoms with Crippen molar-refractivity contribution in [3.8, 4) is 11.5 Å². The van der Waals surface area contributed by atoms with E-state index < -0.39 is 5.97 Å². The van der Waals surface area contributed by atoms with Gasteiger partial charge in [-0.15, -0.1) is 0 Å². The number of hydrogen-bond acceptors (Lipinski definition) is 4. The highest BCUT2D eigenvalue weighted by molar-refractivity contribution is 9.10. The van der Waals surface area contributed by atoms with E-state index in [4.69, 9.17) is 9.47 Å². The number of ether oxygens (including phenoxy) is 2. The molecule has 1 saturated heterocycles. The summed E-state index contributed by atoms with van der Waals surface area (Å²) in [5.74, 6) is 0.595. The van der Waals surface area contributed by atoms with Crippen LogP contribution in [0.3, 0.4) is 0 Å². The second-order valence-corrected chi connectivity index (χ2v) is 5.86. The van der Waals surface area contributed by atoms with Crippen molar-refractivity contribution < 1.29 is 19.4 Å². The fourth-order valence-corrected chi connectivity index (χ4v) is 3.35. The SMILES string of the molecule is CCOc1cc(CN2CCC[C@H]2C(=O)O)cc(Br)c1OC. The minimum Gasteiger partial charge on any atom is -0.492 e. The Morgan fingerprint density at radius 3 is 2.90 bits per heavy atom. The van der Waals surface area contributed by atoms with Gasteiger partial charge in [-0.3, -0.25) is 9.69 Å². The van der Waals surface area contributed by atoms with Crippen molar-refractivity contribution >= 4 is 21.9 Å². The van der Waals surface area contributed by atoms with E-state index in [1.165, 1.54) is 0 Å². The van der Waals surface area contributed by atoms with E-state index in [1.54, 1.807) is 7.11 Å². The van der Waals surface area contributed by atoms with Gasteiger partial charge >= 0.3 is 5.97 Å². The van der Waals surface area contributed by atoms with E-state index in [-0.39, 0.29) is 6.04 Å². The van der Waals surface area contributed by atoms with Crippen LogP contribution in [0.25, 0.3) is 0 Å². The Hall–Kier alpha value is -1.27. The summed E-state index contributed by atoms with van der Waals surface area (Å²) in [7, 11) is 1.60. The van der Waals surface area contributed by atoms with Crippen molar-refractivity contribution in [3.63, 3.8) is 0 Å². The van der Waals surface area contributed by atoms with Crippen LogP contribution >= 0.6 is 15.9 Å². The number of likely N-dealkylation sites (tertiary alicyclic amines) is 1. The Morgan fingerprint density at radius 1 is 1.52 bits per heavy atom. The van der Waals surface area contributed by atoms with Crippen LogP contribution in [0.1, 0.15) is 25.3 Å². The number of rotatable bonds is 6. The van der Waals surface area contributed by atoms with Gasteiger partial charge in [0.2, 0.25) is 0 Å². The van der Waals surface area contributed by atoms with Crippen molar-refractivity contribution in [2.45, 2.75) is 32.4 Å². The average Bonchev–Trinajstić information content (AvgIpc) is 2.87. The van der Waals surface area contributed by atoms with Gasteiger partial charge in [-0.25, -0.2) is 0 Å². The fraction of sp³-hybridized carbons (Fsp3) is 0.533. The minimum atomic E-state index is -0.745. The maximum Gasteiger partial charge on any atom is 0.320 e. The molecule has 0 amide bonds. The van der Waals surface area contributed by atoms with Gasteiger partial charge in [-0.2, -0.15) is 0 Å². The normalized spacial score (nSPS) is 18.7. The molecule has 1 N–H and O–H groups in total. The van der Waals surface area contributed by atoms with Crippen LogP contribution in [0.15, 0.2) is 16.6 Å². The molecule has 116 valence electrons. The van der Waals surface area contributed by atoms with Gasteiger partial charge in [-0.1, -0.05) is 0 Å². The first kappa shape index (κ1) is 16.1. The average molecular weight is 358 g/mol. The molecule has 6 heteroatoms. The molecule has 1 fully saturated rings. The molecule has 0 radical (unpaired) electrons. The van der Waals surface area contributed by atoms with Crippen molar-refractivity contribution in [1.82, 2.24) is 4.90 Å². The number of hydrogen-bond donors (Lipinski definition) is 1. The van der Waals surface area contributed by atoms with E-state index in [2.05, 4.69) is 15.9 Å². The Labute approximate surface area is 133 Å². The first-order chi connectivity index (χ1) is 10.1. The molecule has 5 nitrogen and oxygen atoms in total. The lowest BCUT2D eigenvalue weighted by atomic mass is 10.1. The van der Waals surface area contributed by atoms with E-state index in [1.807, 2.05) is 24.0 Å². The zero-order valence-corrected chi connectivity index (χ0v) is 13.9. The molecule has 21 heavy (non-hydrogen) atoms. The maximum absolute atomic E-state index is 11.2. The summed E-state index contributed by atoms with van der Waals surface area (Å²) >= 11 is 3.48. The topological polar surface area (TPSA) is 59.0 Å². The maximum atomic E-state index is 11.2. The molecule has 0 aliphatic carbocycles. The first-order valence-electron chi connectivity index (χ1n) is 7.02. The molecule has 1 aromatic carbocycles. The van der Waals surface area contributed by atoms with Crippen LogP contribution in [0.4, 0.5) is 0 Å². The predicted molar refractivity (Wildman–Crippen MR) is 82.9 cm³/mol. The zero-order chi connectivity index (χ0) is 15.4. The van der Waals surface area contributed by atoms with Crippen molar-refractivity contribution in [1.29, 1.82) is 0 Å². The summed E-state index contributed by atoms with van der Waals surface area (Å²) in [5.41, 5.74) is 1.01. The quantitative estimate of drug-likeness (QED) is 0.848. The van der Waals surface area contributed by atoms with Crippen LogP contribution in [-0.2, 0) is 11.3 Å². The van der Waals surface area contributed by atoms with Crippen LogP contribution in [0.2, 0.25) is 0 Å². The molecule has 0 saturated carbocycles. The van der Waals surface area contributed by atoms with Crippen LogP contribution in [0.5, 0.6) is 11.5 Å². The van der Waals surface area contributed by atoms with Gasteiger partial charge in [0.25, 0.3) is 0 Å². The molecular formula is C15H20BrNO4. The molecular weight excluding hydrogens is 338 g/mol. The Balaban J connectivity index is 2.22. The molecule has 2 rings (SSSR count). The highest BCUT2D eigenvalue weighted by Gasteiger charge is 2.30. The molecule has 1 heterocycles. The second-order valence-electron chi connectivity index (χ2n) is 5.01. The van der Waals surface area contributed by atoms with Gasteiger partial charge < -0.3 is 14.6 Å². The van der Waals surface area contributed by atoms with Crippen LogP contribution in [-0.4, -0.2) is 42.3 Å². The van der Waals surface area contributed by atoms with Gasteiger partial charge in [0.1, 0.15) is 6.04 Å². The van der Waals surface area contributed by atoms with Crippen LogP contribution in [0, 0.1) is 0 Å². The summed E-state index contributed by atoms with van der Waals surface area (Å²) in [6, 6.07) is 3.49. The third-order valence-electron chi connectivity index (χ3n) is 3.61. The van der Waals surface area contributed by atoms with Crippen molar-refractivity contribution in [2.75, 3.05) is 20.3 Å². The third kappa shape index (κ3) is 3.68. The van der Waals surface area contributed by atoms with E-state index in [0.717, 1.165) is 23.0 Å². The number of aliphatic carboxylic acids is 1. The molecule has 1 aliphatic heterocycles. The summed E-state index contributed by atoms with van der Waals surface area (Å²) < 4.78 is 11.7. The van der Waals surface area contributed by atoms with Crippen LogP contribution < -0.4 is 9.47 Å². The summed E-state index contributed by atoms with van der Waals surface area (Å²) in [6.45, 7) is 3.87. The van der Waals surface area contributed by atoms with E-state index in [9.17, 15) is 9.90 Å². The Bertz CT molecular complexity index is 521. The zero-order valence-electron chi connectivity index (χ0n) is 12.3. The Kier molecular flexibility index (Phi) is 5.47. The third-order valence-corrected chi connectivity index (χ3v) is 4.20. The molecule has 1 aromatic rings. The number of carboxylic acids is 1. The number of carboxylic acid groups (broad SMARTS) is 1. The second kappa shape index (κ2) is 7.13. The highest BCUT2D eigenvalue weighted by atomic mass is 79.9. The Morgan fingerprint density at radius 2 is 2.29 bits per heavy atom. The molecule has 0 spiro atoms. The molecule has 1 aliphatic rings. The van der Waals surface area contributed by atoms with Gasteiger partial charge in [0.05, 0.1) is 18.2 Å². The summed E-state index contributed by atoms with van der Waals surface area (Å²) in [5, 5.41) is 9.24. The van der Waals surface area contributed by atoms with Crippen molar-refractivity contribution in [3.05, 3.63) is 22.2 Å². The van der Waals surface area contributed by atoms with Gasteiger partial charge in [0, 0.05) is 6.54 Å². The van der Waals surface area contributed by atoms with E-state index >= 15 is 0 Å². The minimum absolute atomic E-state index is 0.388. The smallest absolute Gasteiger partial charge is 0.320 e. The lowest BCUT2D eigenvalue weighted by molar-refractivity contribution is -0.142. The number of nitrogens with zero attached hydrogens (tertiary/aromatic N) is 1. The molecule has 1 atom stereocenters. The van der Waals surface area contributed by atoms with E-state index in [0.29, 0.717) is 31.1 Å². The van der Waals surface area contributed by atoms with Gasteiger partial charge in [-0.05, 0) is 59.9 Å². The number of methoxy groups -OCH3 is 1. The summed E-state index contributed by atoms with van der Waals surface area (Å²) in [6.07, 6.45) is 1.64. The fourth-order valence-electron chi connectivity index (χ4n) is 2.70. The van der Waals surface area contributed by atoms with Crippen molar-refractivity contribution in [2.24, 2.45) is 0 Å². The molecule has 0 aromatic heterocycles. The molecule has 0 bridgehead atoms. The monoisotopic (exact) mass is 357 g/mol. The first-order valence-corrected chi connectivity index (χ1v) is 7.82. The number of carbonyl (C=O) groups is 1. The molecule has 0 unspecified atom stereocenters. The number of benzene rings is 1. The largest absolute Gasteiger partial charge is 0.492 e. The predicted octanol–water partition coefficient (Wildman–Crippen LogP) is 2.91. The standard InChI is InChI=1S/C15H20BrNO4/c1-3-21-13-8-10(7-11(16)14(13)20-2)9-17-6-4-5-12(17)15(18)19/h7-8,12H,3-6,9H2,1-2H3,(H,18,19)/t12-/m0/s1. The lowest BCUT2D eigenvalue weighted by Gasteiger charge is -2.22. The number of halogens is 1. The van der Waals surface area contributed by atoms with Gasteiger partial charge in [0.15, 0.2) is 11.5 Å². The lowest BCUT2D eigenvalue weighted by Crippen LogP contribution is -2.35. The summed E-state index contributed by atoms with van der Waals surface area (Å²) in [4.78, 5) is 13.2. The highest BCUT2D eigenvalue weighted by Crippen LogP contribution is 2.37.